The van der Waals surface area contributed by atoms with Crippen LogP contribution in [0.2, 0.25) is 0 Å². The van der Waals surface area contributed by atoms with Gasteiger partial charge in [-0.2, -0.15) is 13.2 Å². The Bertz CT molecular complexity index is 257. The molecule has 1 aliphatic heterocycles. The number of carbonyl (C=O) groups is 1. The summed E-state index contributed by atoms with van der Waals surface area (Å²) in [5.74, 6) is -0.474. The highest BCUT2D eigenvalue weighted by Crippen LogP contribution is 2.26. The highest BCUT2D eigenvalue weighted by molar-refractivity contribution is 7.79. The van der Waals surface area contributed by atoms with Gasteiger partial charge in [-0.3, -0.25) is 0 Å². The minimum Gasteiger partial charge on any atom is -0.413 e. The summed E-state index contributed by atoms with van der Waals surface area (Å²) in [6.07, 6.45) is -2.12. The summed E-state index contributed by atoms with van der Waals surface area (Å²) < 4.78 is 40.9. The Morgan fingerprint density at radius 3 is 2.53 bits per heavy atom. The predicted molar refractivity (Wildman–Crippen MR) is 52.6 cm³/mol. The fourth-order valence-electron chi connectivity index (χ4n) is 1.16. The van der Waals surface area contributed by atoms with E-state index in [2.05, 4.69) is 6.58 Å². The molecule has 86 valence electrons. The first-order valence-electron chi connectivity index (χ1n) is 4.55. The molecule has 0 N–H and O–H groups in total. The van der Waals surface area contributed by atoms with E-state index in [1.807, 2.05) is 0 Å². The Balaban J connectivity index is 2.44. The number of ether oxygens (including phenoxy) is 1. The smallest absolute Gasteiger partial charge is 0.413 e. The third kappa shape index (κ3) is 3.77. The van der Waals surface area contributed by atoms with Gasteiger partial charge in [0.1, 0.15) is 11.3 Å². The number of hydrogen-bond donors (Lipinski definition) is 0. The molecular weight excluding hydrogens is 229 g/mol. The number of esters is 1. The molecule has 1 saturated heterocycles. The summed E-state index contributed by atoms with van der Waals surface area (Å²) in [6.45, 7) is 2.69. The molecule has 0 aromatic carbocycles. The molecule has 1 fully saturated rings. The van der Waals surface area contributed by atoms with Crippen LogP contribution in [0.1, 0.15) is 19.3 Å². The lowest BCUT2D eigenvalue weighted by Crippen LogP contribution is -2.28. The van der Waals surface area contributed by atoms with E-state index >= 15 is 0 Å². The van der Waals surface area contributed by atoms with Crippen LogP contribution in [0.4, 0.5) is 13.2 Å². The Hall–Kier alpha value is -0.650. The van der Waals surface area contributed by atoms with E-state index in [0.29, 0.717) is 6.42 Å². The molecule has 1 atom stereocenters. The van der Waals surface area contributed by atoms with Crippen LogP contribution < -0.4 is 0 Å². The van der Waals surface area contributed by atoms with Gasteiger partial charge >= 0.3 is 12.1 Å². The summed E-state index contributed by atoms with van der Waals surface area (Å²) in [5, 5.41) is 0. The number of rotatable bonds is 2. The van der Waals surface area contributed by atoms with E-state index < -0.39 is 23.2 Å². The number of halogens is 3. The quantitative estimate of drug-likeness (QED) is 0.320. The molecule has 0 spiro atoms. The Labute approximate surface area is 89.9 Å². The van der Waals surface area contributed by atoms with Gasteiger partial charge in [0, 0.05) is 18.2 Å². The van der Waals surface area contributed by atoms with Gasteiger partial charge in [-0.1, -0.05) is 6.58 Å². The molecular formula is C9H12F3O2S+. The second kappa shape index (κ2) is 4.92. The van der Waals surface area contributed by atoms with Crippen molar-refractivity contribution in [3.05, 3.63) is 12.2 Å². The van der Waals surface area contributed by atoms with Crippen LogP contribution in [0.5, 0.6) is 0 Å². The van der Waals surface area contributed by atoms with Gasteiger partial charge in [-0.15, -0.1) is 0 Å². The zero-order valence-corrected chi connectivity index (χ0v) is 8.90. The first-order valence-corrected chi connectivity index (χ1v) is 5.70. The van der Waals surface area contributed by atoms with Gasteiger partial charge in [-0.25, -0.2) is 4.79 Å². The van der Waals surface area contributed by atoms with Crippen molar-refractivity contribution in [1.82, 2.24) is 0 Å². The maximum atomic E-state index is 12.1. The first kappa shape index (κ1) is 12.4. The van der Waals surface area contributed by atoms with Gasteiger partial charge in [0.25, 0.3) is 5.44 Å². The summed E-state index contributed by atoms with van der Waals surface area (Å²) in [5.41, 5.74) is -1.83. The van der Waals surface area contributed by atoms with E-state index in [4.69, 9.17) is 4.74 Å². The molecule has 0 amide bonds. The van der Waals surface area contributed by atoms with Gasteiger partial charge in [-0.05, 0) is 12.8 Å². The van der Waals surface area contributed by atoms with E-state index in [-0.39, 0.29) is 0 Å². The maximum Gasteiger partial charge on any atom is 0.422 e. The molecule has 0 saturated carbocycles. The van der Waals surface area contributed by atoms with E-state index in [1.165, 1.54) is 0 Å². The highest BCUT2D eigenvalue weighted by atomic mass is 32.2. The third-order valence-electron chi connectivity index (χ3n) is 2.02. The van der Waals surface area contributed by atoms with Crippen molar-refractivity contribution in [2.24, 2.45) is 0 Å². The molecule has 2 nitrogen and oxygen atoms in total. The monoisotopic (exact) mass is 241 g/mol. The van der Waals surface area contributed by atoms with Crippen molar-refractivity contribution in [3.63, 3.8) is 0 Å². The Morgan fingerprint density at radius 1 is 1.40 bits per heavy atom. The molecule has 6 heteroatoms. The topological polar surface area (TPSA) is 26.3 Å². The van der Waals surface area contributed by atoms with Crippen LogP contribution in [0.25, 0.3) is 0 Å². The molecule has 0 aromatic rings. The van der Waals surface area contributed by atoms with Gasteiger partial charge in [0.2, 0.25) is 0 Å². The van der Waals surface area contributed by atoms with Crippen LogP contribution in [-0.2, 0) is 21.3 Å². The predicted octanol–water partition coefficient (Wildman–Crippen LogP) is 1.97. The number of alkyl halides is 3. The van der Waals surface area contributed by atoms with Crippen LogP contribution in [0.3, 0.4) is 0 Å². The van der Waals surface area contributed by atoms with Crippen LogP contribution in [-0.4, -0.2) is 23.3 Å². The molecule has 15 heavy (non-hydrogen) atoms. The summed E-state index contributed by atoms with van der Waals surface area (Å²) in [4.78, 5) is 11.0. The van der Waals surface area contributed by atoms with Crippen LogP contribution in [0.15, 0.2) is 12.2 Å². The third-order valence-corrected chi connectivity index (χ3v) is 3.37. The van der Waals surface area contributed by atoms with Crippen LogP contribution in [0, 0.1) is 0 Å². The molecule has 0 aromatic heterocycles. The van der Waals surface area contributed by atoms with E-state index in [9.17, 15) is 18.0 Å². The number of hydrogen-bond acceptors (Lipinski definition) is 2. The van der Waals surface area contributed by atoms with Crippen molar-refractivity contribution in [2.75, 3.05) is 5.75 Å². The molecule has 0 aliphatic carbocycles. The van der Waals surface area contributed by atoms with Crippen LogP contribution >= 0.6 is 0 Å². The minimum atomic E-state index is -4.69. The molecule has 1 unspecified atom stereocenters. The van der Waals surface area contributed by atoms with E-state index in [1.54, 1.807) is 0 Å². The highest BCUT2D eigenvalue weighted by Gasteiger charge is 2.39. The fraction of sp³-hybridized carbons (Fsp3) is 0.667. The molecule has 1 heterocycles. The Morgan fingerprint density at radius 2 is 2.07 bits per heavy atom. The van der Waals surface area contributed by atoms with E-state index in [0.717, 1.165) is 30.4 Å². The summed E-state index contributed by atoms with van der Waals surface area (Å²) in [6, 6.07) is 0. The molecule has 1 aliphatic rings. The standard InChI is InChI=1S/C9H11F3O2S/c1-6(9(10,11)12)8(13)14-7-4-2-3-5-15-7/h7H,1-5H2/p+1. The SMILES string of the molecule is C=C(C(=O)OC1CCCC[SH+]1)C(F)(F)F. The largest absolute Gasteiger partial charge is 0.422 e. The van der Waals surface area contributed by atoms with Crippen molar-refractivity contribution in [1.29, 1.82) is 0 Å². The van der Waals surface area contributed by atoms with Crippen molar-refractivity contribution < 1.29 is 22.7 Å². The molecule has 0 bridgehead atoms. The zero-order chi connectivity index (χ0) is 11.5. The lowest BCUT2D eigenvalue weighted by atomic mass is 10.2. The lowest BCUT2D eigenvalue weighted by molar-refractivity contribution is -0.152. The second-order valence-corrected chi connectivity index (χ2v) is 4.63. The lowest BCUT2D eigenvalue weighted by Gasteiger charge is -2.16. The van der Waals surface area contributed by atoms with Gasteiger partial charge < -0.3 is 4.74 Å². The fourth-order valence-corrected chi connectivity index (χ4v) is 2.39. The normalized spacial score (nSPS) is 22.2. The van der Waals surface area contributed by atoms with Crippen molar-refractivity contribution in [3.8, 4) is 0 Å². The maximum absolute atomic E-state index is 12.1. The Kier molecular flexibility index (Phi) is 4.07. The molecule has 0 radical (unpaired) electrons. The second-order valence-electron chi connectivity index (χ2n) is 3.24. The zero-order valence-electron chi connectivity index (χ0n) is 8.01. The summed E-state index contributed by atoms with van der Waals surface area (Å²) in [7, 11) is 0. The average Bonchev–Trinajstić information content (AvgIpc) is 2.16. The van der Waals surface area contributed by atoms with Crippen molar-refractivity contribution in [2.45, 2.75) is 30.9 Å². The number of carbonyl (C=O) groups excluding carboxylic acids is 1. The van der Waals surface area contributed by atoms with Crippen molar-refractivity contribution >= 4 is 17.7 Å². The average molecular weight is 241 g/mol. The van der Waals surface area contributed by atoms with Gasteiger partial charge in [0.15, 0.2) is 0 Å². The van der Waals surface area contributed by atoms with Gasteiger partial charge in [0.05, 0.1) is 0 Å². The summed E-state index contributed by atoms with van der Waals surface area (Å²) >= 11 is 0.889. The molecule has 1 rings (SSSR count). The minimum absolute atomic E-state index is 0.398. The first-order chi connectivity index (χ1) is 6.91. The number of thiol groups is 1.